The molecule has 0 aliphatic heterocycles. The molecule has 0 heterocycles. The number of aliphatic hydroxyl groups excluding tert-OH is 2. The smallest absolute Gasteiger partial charge is 0.0612 e. The monoisotopic (exact) mass is 184 g/mol. The number of aliphatic hydroxyl groups is 2. The van der Waals surface area contributed by atoms with Crippen LogP contribution in [0, 0.1) is 5.92 Å². The highest BCUT2D eigenvalue weighted by atomic mass is 16.3. The van der Waals surface area contributed by atoms with Crippen LogP contribution < -0.4 is 0 Å². The van der Waals surface area contributed by atoms with Gasteiger partial charge in [-0.2, -0.15) is 0 Å². The van der Waals surface area contributed by atoms with E-state index in [0.29, 0.717) is 12.3 Å². The van der Waals surface area contributed by atoms with Gasteiger partial charge in [-0.25, -0.2) is 0 Å². The van der Waals surface area contributed by atoms with Gasteiger partial charge in [-0.05, 0) is 25.2 Å². The summed E-state index contributed by atoms with van der Waals surface area (Å²) in [6, 6.07) is 0. The van der Waals surface area contributed by atoms with Crippen molar-refractivity contribution in [3.63, 3.8) is 0 Å². The van der Waals surface area contributed by atoms with Gasteiger partial charge in [0.2, 0.25) is 0 Å². The lowest BCUT2D eigenvalue weighted by Crippen LogP contribution is -2.22. The maximum absolute atomic E-state index is 9.77. The molecule has 0 radical (unpaired) electrons. The lowest BCUT2D eigenvalue weighted by Gasteiger charge is -2.25. The zero-order valence-corrected chi connectivity index (χ0v) is 8.15. The third kappa shape index (κ3) is 3.92. The van der Waals surface area contributed by atoms with Crippen LogP contribution in [-0.2, 0) is 0 Å². The standard InChI is InChI=1S/C11H20O2/c12-9-5-4-8-11(13)10-6-2-1-3-7-10/h4-5,10-13H,1-3,6-9H2/b5-4+/t11-/m0/s1. The SMILES string of the molecule is OC/C=C/C[C@H](O)C1CCCCC1. The van der Waals surface area contributed by atoms with Crippen molar-refractivity contribution in [3.8, 4) is 0 Å². The summed E-state index contributed by atoms with van der Waals surface area (Å²) in [5, 5.41) is 18.3. The Morgan fingerprint density at radius 1 is 1.15 bits per heavy atom. The number of hydrogen-bond donors (Lipinski definition) is 2. The third-order valence-electron chi connectivity index (χ3n) is 2.84. The molecule has 0 aromatic heterocycles. The van der Waals surface area contributed by atoms with E-state index >= 15 is 0 Å². The lowest BCUT2D eigenvalue weighted by molar-refractivity contribution is 0.0872. The molecule has 0 amide bonds. The molecule has 0 spiro atoms. The predicted octanol–water partition coefficient (Wildman–Crippen LogP) is 1.87. The Morgan fingerprint density at radius 3 is 2.46 bits per heavy atom. The van der Waals surface area contributed by atoms with Crippen LogP contribution in [0.25, 0.3) is 0 Å². The van der Waals surface area contributed by atoms with Crippen molar-refractivity contribution in [2.75, 3.05) is 6.61 Å². The van der Waals surface area contributed by atoms with E-state index in [0.717, 1.165) is 0 Å². The van der Waals surface area contributed by atoms with Crippen molar-refractivity contribution in [2.45, 2.75) is 44.6 Å². The molecule has 2 N–H and O–H groups in total. The molecule has 1 atom stereocenters. The summed E-state index contributed by atoms with van der Waals surface area (Å²) >= 11 is 0. The maximum Gasteiger partial charge on any atom is 0.0612 e. The molecule has 13 heavy (non-hydrogen) atoms. The Labute approximate surface area is 80.3 Å². The molecule has 2 nitrogen and oxygen atoms in total. The summed E-state index contributed by atoms with van der Waals surface area (Å²) < 4.78 is 0. The lowest BCUT2D eigenvalue weighted by atomic mass is 9.84. The van der Waals surface area contributed by atoms with Gasteiger partial charge >= 0.3 is 0 Å². The van der Waals surface area contributed by atoms with Gasteiger partial charge in [0.25, 0.3) is 0 Å². The summed E-state index contributed by atoms with van der Waals surface area (Å²) in [4.78, 5) is 0. The van der Waals surface area contributed by atoms with Crippen molar-refractivity contribution in [1.29, 1.82) is 0 Å². The minimum absolute atomic E-state index is 0.0807. The highest BCUT2D eigenvalue weighted by molar-refractivity contribution is 4.86. The molecule has 0 saturated heterocycles. The Bertz CT molecular complexity index is 148. The second kappa shape index (κ2) is 6.17. The van der Waals surface area contributed by atoms with E-state index in [1.165, 1.54) is 32.1 Å². The fraction of sp³-hybridized carbons (Fsp3) is 0.818. The fourth-order valence-corrected chi connectivity index (χ4v) is 2.02. The summed E-state index contributed by atoms with van der Waals surface area (Å²) in [5.74, 6) is 0.497. The van der Waals surface area contributed by atoms with Gasteiger partial charge in [0.05, 0.1) is 12.7 Å². The van der Waals surface area contributed by atoms with Gasteiger partial charge in [0, 0.05) is 0 Å². The summed E-state index contributed by atoms with van der Waals surface area (Å²) in [5.41, 5.74) is 0. The van der Waals surface area contributed by atoms with E-state index in [1.807, 2.05) is 6.08 Å². The first kappa shape index (κ1) is 10.7. The van der Waals surface area contributed by atoms with Gasteiger partial charge in [-0.1, -0.05) is 31.4 Å². The molecule has 76 valence electrons. The average molecular weight is 184 g/mol. The molecular formula is C11H20O2. The second-order valence-electron chi connectivity index (χ2n) is 3.86. The van der Waals surface area contributed by atoms with Gasteiger partial charge in [-0.3, -0.25) is 0 Å². The molecule has 1 saturated carbocycles. The highest BCUT2D eigenvalue weighted by Gasteiger charge is 2.20. The minimum Gasteiger partial charge on any atom is -0.393 e. The molecule has 0 aromatic carbocycles. The summed E-state index contributed by atoms with van der Waals surface area (Å²) in [6.07, 6.45) is 10.3. The number of hydrogen-bond acceptors (Lipinski definition) is 2. The molecule has 1 aliphatic carbocycles. The zero-order chi connectivity index (χ0) is 9.52. The Morgan fingerprint density at radius 2 is 1.85 bits per heavy atom. The Balaban J connectivity index is 2.20. The molecule has 1 aliphatic rings. The van der Waals surface area contributed by atoms with Gasteiger partial charge in [-0.15, -0.1) is 0 Å². The number of rotatable bonds is 4. The topological polar surface area (TPSA) is 40.5 Å². The average Bonchev–Trinajstić information content (AvgIpc) is 2.19. The second-order valence-corrected chi connectivity index (χ2v) is 3.86. The van der Waals surface area contributed by atoms with E-state index in [-0.39, 0.29) is 12.7 Å². The largest absolute Gasteiger partial charge is 0.393 e. The van der Waals surface area contributed by atoms with Crippen LogP contribution in [0.5, 0.6) is 0 Å². The van der Waals surface area contributed by atoms with Crippen LogP contribution in [0.1, 0.15) is 38.5 Å². The summed E-state index contributed by atoms with van der Waals surface area (Å²) in [6.45, 7) is 0.0807. The van der Waals surface area contributed by atoms with Gasteiger partial charge in [0.15, 0.2) is 0 Å². The van der Waals surface area contributed by atoms with E-state index in [9.17, 15) is 5.11 Å². The Hall–Kier alpha value is -0.340. The maximum atomic E-state index is 9.77. The fourth-order valence-electron chi connectivity index (χ4n) is 2.02. The van der Waals surface area contributed by atoms with E-state index in [4.69, 9.17) is 5.11 Å². The van der Waals surface area contributed by atoms with Crippen molar-refractivity contribution < 1.29 is 10.2 Å². The molecule has 1 fully saturated rings. The van der Waals surface area contributed by atoms with Crippen molar-refractivity contribution in [1.82, 2.24) is 0 Å². The molecule has 0 unspecified atom stereocenters. The van der Waals surface area contributed by atoms with E-state index < -0.39 is 0 Å². The van der Waals surface area contributed by atoms with Crippen LogP contribution in [0.4, 0.5) is 0 Å². The van der Waals surface area contributed by atoms with Gasteiger partial charge < -0.3 is 10.2 Å². The molecular weight excluding hydrogens is 164 g/mol. The van der Waals surface area contributed by atoms with Crippen LogP contribution >= 0.6 is 0 Å². The van der Waals surface area contributed by atoms with Crippen LogP contribution in [-0.4, -0.2) is 22.9 Å². The van der Waals surface area contributed by atoms with Crippen LogP contribution in [0.2, 0.25) is 0 Å². The van der Waals surface area contributed by atoms with E-state index in [1.54, 1.807) is 6.08 Å². The van der Waals surface area contributed by atoms with Crippen LogP contribution in [0.15, 0.2) is 12.2 Å². The molecule has 1 rings (SSSR count). The van der Waals surface area contributed by atoms with Crippen LogP contribution in [0.3, 0.4) is 0 Å². The summed E-state index contributed by atoms with van der Waals surface area (Å²) in [7, 11) is 0. The van der Waals surface area contributed by atoms with Crippen molar-refractivity contribution in [3.05, 3.63) is 12.2 Å². The van der Waals surface area contributed by atoms with Crippen molar-refractivity contribution in [2.24, 2.45) is 5.92 Å². The first-order chi connectivity index (χ1) is 6.34. The predicted molar refractivity (Wildman–Crippen MR) is 53.4 cm³/mol. The van der Waals surface area contributed by atoms with Gasteiger partial charge in [0.1, 0.15) is 0 Å². The highest BCUT2D eigenvalue weighted by Crippen LogP contribution is 2.27. The van der Waals surface area contributed by atoms with E-state index in [2.05, 4.69) is 0 Å². The Kier molecular flexibility index (Phi) is 5.09. The first-order valence-electron chi connectivity index (χ1n) is 5.28. The van der Waals surface area contributed by atoms with Crippen molar-refractivity contribution >= 4 is 0 Å². The zero-order valence-electron chi connectivity index (χ0n) is 8.15. The quantitative estimate of drug-likeness (QED) is 0.655. The molecule has 0 bridgehead atoms. The first-order valence-corrected chi connectivity index (χ1v) is 5.28. The minimum atomic E-state index is -0.192. The third-order valence-corrected chi connectivity index (χ3v) is 2.84. The normalized spacial score (nSPS) is 22.3. The molecule has 2 heteroatoms. The molecule has 0 aromatic rings.